The van der Waals surface area contributed by atoms with Crippen molar-refractivity contribution in [3.8, 4) is 0 Å². The molecule has 3 heterocycles. The number of amides is 1. The van der Waals surface area contributed by atoms with Gasteiger partial charge in [0, 0.05) is 37.7 Å². The summed E-state index contributed by atoms with van der Waals surface area (Å²) >= 11 is 0. The predicted octanol–water partition coefficient (Wildman–Crippen LogP) is 2.21. The summed E-state index contributed by atoms with van der Waals surface area (Å²) in [6, 6.07) is 10.5. The highest BCUT2D eigenvalue weighted by atomic mass is 32.2. The molecule has 1 N–H and O–H groups in total. The van der Waals surface area contributed by atoms with Gasteiger partial charge in [0.1, 0.15) is 0 Å². The number of ether oxygens (including phenoxy) is 1. The first-order valence-corrected chi connectivity index (χ1v) is 12.2. The zero-order valence-corrected chi connectivity index (χ0v) is 18.8. The summed E-state index contributed by atoms with van der Waals surface area (Å²) in [5.41, 5.74) is 1.69. The third kappa shape index (κ3) is 4.55. The zero-order valence-electron chi connectivity index (χ0n) is 18.0. The molecule has 1 aromatic heterocycles. The van der Waals surface area contributed by atoms with Crippen LogP contribution in [0, 0.1) is 0 Å². The number of hydrogen-bond donors (Lipinski definition) is 1. The predicted molar refractivity (Wildman–Crippen MR) is 118 cm³/mol. The fraction of sp³-hybridized carbons (Fsp3) is 0.500. The van der Waals surface area contributed by atoms with E-state index in [0.717, 1.165) is 19.4 Å². The average molecular weight is 447 g/mol. The molecule has 0 bridgehead atoms. The largest absolute Gasteiger partial charge is 0.379 e. The molecule has 1 aromatic carbocycles. The van der Waals surface area contributed by atoms with Crippen molar-refractivity contribution in [2.75, 3.05) is 38.2 Å². The first-order valence-electron chi connectivity index (χ1n) is 10.7. The fourth-order valence-corrected chi connectivity index (χ4v) is 5.91. The fourth-order valence-electron chi connectivity index (χ4n) is 4.46. The number of carbonyl (C=O) groups is 1. The molecule has 2 aliphatic rings. The van der Waals surface area contributed by atoms with Crippen molar-refractivity contribution in [1.82, 2.24) is 13.8 Å². The molecule has 0 unspecified atom stereocenters. The Morgan fingerprint density at radius 2 is 1.94 bits per heavy atom. The van der Waals surface area contributed by atoms with E-state index in [4.69, 9.17) is 4.74 Å². The average Bonchev–Trinajstić information content (AvgIpc) is 3.42. The van der Waals surface area contributed by atoms with Crippen molar-refractivity contribution in [2.24, 2.45) is 7.05 Å². The Labute approximate surface area is 183 Å². The standard InChI is InChI=1S/C22H30N4O4S/c1-17(26-11-5-9-21(26)20-8-4-10-24(20)2)22(27)23-18-6-3-7-19(16-18)31(28,29)25-12-14-30-15-13-25/h3-4,6-8,10,16-17,21H,5,9,11-15H2,1-2H3,(H,23,27)/t17-,21-/m1/s1. The quantitative estimate of drug-likeness (QED) is 0.736. The molecule has 2 aliphatic heterocycles. The molecule has 0 radical (unpaired) electrons. The van der Waals surface area contributed by atoms with Gasteiger partial charge in [-0.3, -0.25) is 9.69 Å². The second kappa shape index (κ2) is 9.12. The van der Waals surface area contributed by atoms with E-state index in [-0.39, 0.29) is 22.9 Å². The number of morpholine rings is 1. The number of sulfonamides is 1. The van der Waals surface area contributed by atoms with Gasteiger partial charge >= 0.3 is 0 Å². The van der Waals surface area contributed by atoms with E-state index in [0.29, 0.717) is 32.0 Å². The van der Waals surface area contributed by atoms with E-state index >= 15 is 0 Å². The number of hydrogen-bond acceptors (Lipinski definition) is 5. The van der Waals surface area contributed by atoms with Gasteiger partial charge in [-0.1, -0.05) is 6.07 Å². The van der Waals surface area contributed by atoms with E-state index in [2.05, 4.69) is 20.9 Å². The van der Waals surface area contributed by atoms with Crippen LogP contribution in [0.3, 0.4) is 0 Å². The summed E-state index contributed by atoms with van der Waals surface area (Å²) in [4.78, 5) is 15.4. The molecule has 2 saturated heterocycles. The van der Waals surface area contributed by atoms with Crippen LogP contribution in [-0.2, 0) is 26.6 Å². The van der Waals surface area contributed by atoms with Gasteiger partial charge in [0.15, 0.2) is 0 Å². The van der Waals surface area contributed by atoms with Crippen LogP contribution in [-0.4, -0.2) is 67.0 Å². The first kappa shape index (κ1) is 22.0. The summed E-state index contributed by atoms with van der Waals surface area (Å²) < 4.78 is 34.6. The molecule has 0 aliphatic carbocycles. The number of nitrogens with one attached hydrogen (secondary N) is 1. The maximum absolute atomic E-state index is 13.0. The lowest BCUT2D eigenvalue weighted by Gasteiger charge is -2.30. The second-order valence-corrected chi connectivity index (χ2v) is 10.1. The number of carbonyl (C=O) groups excluding carboxylic acids is 1. The lowest BCUT2D eigenvalue weighted by Crippen LogP contribution is -2.42. The van der Waals surface area contributed by atoms with Gasteiger partial charge in [0.05, 0.1) is 30.2 Å². The molecule has 2 fully saturated rings. The Balaban J connectivity index is 1.47. The summed E-state index contributed by atoms with van der Waals surface area (Å²) in [5, 5.41) is 2.92. The minimum atomic E-state index is -3.61. The highest BCUT2D eigenvalue weighted by Crippen LogP contribution is 2.34. The molecule has 31 heavy (non-hydrogen) atoms. The highest BCUT2D eigenvalue weighted by molar-refractivity contribution is 7.89. The summed E-state index contributed by atoms with van der Waals surface area (Å²) in [6.45, 7) is 4.23. The SMILES string of the molecule is C[C@H](C(=O)Nc1cccc(S(=O)(=O)N2CCOCC2)c1)N1CCC[C@@H]1c1cccn1C. The number of rotatable bonds is 6. The Morgan fingerprint density at radius 1 is 1.16 bits per heavy atom. The van der Waals surface area contributed by atoms with Gasteiger partial charge < -0.3 is 14.6 Å². The van der Waals surface area contributed by atoms with Crippen LogP contribution in [0.25, 0.3) is 0 Å². The molecule has 9 heteroatoms. The summed E-state index contributed by atoms with van der Waals surface area (Å²) in [7, 11) is -1.59. The number of aryl methyl sites for hydroxylation is 1. The van der Waals surface area contributed by atoms with Gasteiger partial charge in [-0.2, -0.15) is 4.31 Å². The molecule has 4 rings (SSSR count). The van der Waals surface area contributed by atoms with Gasteiger partial charge in [-0.25, -0.2) is 8.42 Å². The third-order valence-electron chi connectivity index (χ3n) is 6.21. The van der Waals surface area contributed by atoms with Crippen molar-refractivity contribution in [3.05, 3.63) is 48.3 Å². The minimum absolute atomic E-state index is 0.137. The lowest BCUT2D eigenvalue weighted by atomic mass is 10.1. The Morgan fingerprint density at radius 3 is 2.65 bits per heavy atom. The smallest absolute Gasteiger partial charge is 0.243 e. The van der Waals surface area contributed by atoms with Crippen LogP contribution >= 0.6 is 0 Å². The van der Waals surface area contributed by atoms with Crippen LogP contribution in [0.4, 0.5) is 5.69 Å². The minimum Gasteiger partial charge on any atom is -0.379 e. The van der Waals surface area contributed by atoms with Gasteiger partial charge in [-0.15, -0.1) is 0 Å². The normalized spacial score (nSPS) is 21.8. The van der Waals surface area contributed by atoms with Crippen molar-refractivity contribution < 1.29 is 17.9 Å². The molecular formula is C22H30N4O4S. The van der Waals surface area contributed by atoms with Crippen molar-refractivity contribution in [1.29, 1.82) is 0 Å². The van der Waals surface area contributed by atoms with E-state index in [9.17, 15) is 13.2 Å². The van der Waals surface area contributed by atoms with E-state index < -0.39 is 10.0 Å². The maximum atomic E-state index is 13.0. The summed E-state index contributed by atoms with van der Waals surface area (Å²) in [5.74, 6) is -0.137. The Hall–Kier alpha value is -2.20. The molecular weight excluding hydrogens is 416 g/mol. The first-order chi connectivity index (χ1) is 14.9. The summed E-state index contributed by atoms with van der Waals surface area (Å²) in [6.07, 6.45) is 4.08. The number of nitrogens with zero attached hydrogens (tertiary/aromatic N) is 3. The number of likely N-dealkylation sites (tertiary alicyclic amines) is 1. The molecule has 2 aromatic rings. The lowest BCUT2D eigenvalue weighted by molar-refractivity contribution is -0.121. The number of aromatic nitrogens is 1. The highest BCUT2D eigenvalue weighted by Gasteiger charge is 2.34. The Kier molecular flexibility index (Phi) is 6.47. The topological polar surface area (TPSA) is 83.9 Å². The van der Waals surface area contributed by atoms with Gasteiger partial charge in [-0.05, 0) is 56.6 Å². The molecule has 0 spiro atoms. The number of benzene rings is 1. The van der Waals surface area contributed by atoms with Crippen LogP contribution in [0.5, 0.6) is 0 Å². The van der Waals surface area contributed by atoms with Crippen molar-refractivity contribution in [2.45, 2.75) is 36.7 Å². The molecule has 2 atom stereocenters. The van der Waals surface area contributed by atoms with Crippen LogP contribution in [0.1, 0.15) is 31.5 Å². The second-order valence-electron chi connectivity index (χ2n) is 8.15. The molecule has 1 amide bonds. The van der Waals surface area contributed by atoms with Crippen molar-refractivity contribution in [3.63, 3.8) is 0 Å². The van der Waals surface area contributed by atoms with Crippen LogP contribution in [0.2, 0.25) is 0 Å². The molecule has 0 saturated carbocycles. The van der Waals surface area contributed by atoms with Gasteiger partial charge in [0.25, 0.3) is 0 Å². The monoisotopic (exact) mass is 446 g/mol. The van der Waals surface area contributed by atoms with E-state index in [1.807, 2.05) is 26.2 Å². The molecule has 8 nitrogen and oxygen atoms in total. The zero-order chi connectivity index (χ0) is 22.0. The maximum Gasteiger partial charge on any atom is 0.243 e. The number of anilines is 1. The van der Waals surface area contributed by atoms with Crippen LogP contribution < -0.4 is 5.32 Å². The van der Waals surface area contributed by atoms with E-state index in [1.54, 1.807) is 18.2 Å². The third-order valence-corrected chi connectivity index (χ3v) is 8.10. The van der Waals surface area contributed by atoms with Gasteiger partial charge in [0.2, 0.25) is 15.9 Å². The van der Waals surface area contributed by atoms with E-state index in [1.165, 1.54) is 16.1 Å². The van der Waals surface area contributed by atoms with Crippen molar-refractivity contribution >= 4 is 21.6 Å². The van der Waals surface area contributed by atoms with Crippen LogP contribution in [0.15, 0.2) is 47.5 Å². The molecule has 168 valence electrons. The Bertz CT molecular complexity index is 1030.